The van der Waals surface area contributed by atoms with Crippen molar-refractivity contribution in [1.29, 1.82) is 0 Å². The van der Waals surface area contributed by atoms with Crippen LogP contribution in [0.3, 0.4) is 0 Å². The molecule has 0 bridgehead atoms. The molecule has 0 amide bonds. The minimum atomic E-state index is -0.375. The third-order valence-electron chi connectivity index (χ3n) is 11.3. The van der Waals surface area contributed by atoms with Crippen molar-refractivity contribution in [3.63, 3.8) is 0 Å². The number of nitrogens with zero attached hydrogens (tertiary/aromatic N) is 4. The highest BCUT2D eigenvalue weighted by Gasteiger charge is 2.51. The van der Waals surface area contributed by atoms with Gasteiger partial charge in [-0.2, -0.15) is 0 Å². The fraction of sp³-hybridized carbons (Fsp3) is 0.0196. The molecule has 0 aliphatic heterocycles. The summed E-state index contributed by atoms with van der Waals surface area (Å²) in [5, 5.41) is 0. The molecule has 0 unspecified atom stereocenters. The van der Waals surface area contributed by atoms with Crippen molar-refractivity contribution in [2.45, 2.75) is 5.41 Å². The summed E-state index contributed by atoms with van der Waals surface area (Å²) in [4.78, 5) is 19.3. The van der Waals surface area contributed by atoms with Gasteiger partial charge >= 0.3 is 0 Å². The van der Waals surface area contributed by atoms with Crippen molar-refractivity contribution in [3.8, 4) is 78.7 Å². The molecule has 0 atom stereocenters. The van der Waals surface area contributed by atoms with Crippen LogP contribution in [0.5, 0.6) is 0 Å². The molecule has 0 radical (unpaired) electrons. The number of pyridine rings is 1. The third-order valence-corrected chi connectivity index (χ3v) is 11.3. The van der Waals surface area contributed by atoms with Gasteiger partial charge in [-0.3, -0.25) is 4.98 Å². The minimum absolute atomic E-state index is 0.375. The molecule has 0 N–H and O–H groups in total. The van der Waals surface area contributed by atoms with E-state index in [1.54, 1.807) is 6.20 Å². The minimum Gasteiger partial charge on any atom is -0.264 e. The monoisotopic (exact) mass is 700 g/mol. The Bertz CT molecular complexity index is 2840. The topological polar surface area (TPSA) is 51.6 Å². The number of fused-ring (bicyclic) bond motifs is 10. The van der Waals surface area contributed by atoms with Crippen LogP contribution >= 0.6 is 0 Å². The molecule has 4 nitrogen and oxygen atoms in total. The number of hydrogen-bond acceptors (Lipinski definition) is 4. The largest absolute Gasteiger partial charge is 0.264 e. The van der Waals surface area contributed by atoms with Crippen molar-refractivity contribution in [2.24, 2.45) is 0 Å². The quantitative estimate of drug-likeness (QED) is 0.179. The molecule has 1 spiro atoms. The van der Waals surface area contributed by atoms with Gasteiger partial charge in [0.2, 0.25) is 0 Å². The predicted octanol–water partition coefficient (Wildman–Crippen LogP) is 11.9. The average Bonchev–Trinajstić information content (AvgIpc) is 3.74. The first-order valence-corrected chi connectivity index (χ1v) is 18.6. The van der Waals surface area contributed by atoms with Crippen LogP contribution in [0, 0.1) is 0 Å². The van der Waals surface area contributed by atoms with Crippen molar-refractivity contribution in [1.82, 2.24) is 19.9 Å². The van der Waals surface area contributed by atoms with E-state index in [-0.39, 0.29) is 5.41 Å². The van der Waals surface area contributed by atoms with Crippen LogP contribution in [-0.4, -0.2) is 19.9 Å². The molecule has 2 heterocycles. The van der Waals surface area contributed by atoms with Gasteiger partial charge in [0.05, 0.1) is 5.41 Å². The van der Waals surface area contributed by atoms with Gasteiger partial charge < -0.3 is 0 Å². The summed E-state index contributed by atoms with van der Waals surface area (Å²) in [6.45, 7) is 0. The second-order valence-electron chi connectivity index (χ2n) is 14.2. The van der Waals surface area contributed by atoms with Crippen molar-refractivity contribution in [2.75, 3.05) is 0 Å². The van der Waals surface area contributed by atoms with Crippen LogP contribution in [0.1, 0.15) is 22.3 Å². The molecule has 4 heteroatoms. The zero-order valence-corrected chi connectivity index (χ0v) is 29.8. The lowest BCUT2D eigenvalue weighted by molar-refractivity contribution is 0.794. The van der Waals surface area contributed by atoms with E-state index in [0.29, 0.717) is 17.5 Å². The van der Waals surface area contributed by atoms with E-state index < -0.39 is 0 Å². The van der Waals surface area contributed by atoms with Crippen LogP contribution in [0.4, 0.5) is 0 Å². The molecule has 9 aromatic rings. The lowest BCUT2D eigenvalue weighted by atomic mass is 9.70. The Morgan fingerprint density at radius 1 is 0.291 bits per heavy atom. The van der Waals surface area contributed by atoms with Crippen molar-refractivity contribution in [3.05, 3.63) is 217 Å². The van der Waals surface area contributed by atoms with Crippen molar-refractivity contribution < 1.29 is 0 Å². The summed E-state index contributed by atoms with van der Waals surface area (Å²) in [5.41, 5.74) is 17.5. The van der Waals surface area contributed by atoms with Gasteiger partial charge in [-0.25, -0.2) is 15.0 Å². The van der Waals surface area contributed by atoms with Crippen LogP contribution in [0.15, 0.2) is 194 Å². The van der Waals surface area contributed by atoms with E-state index in [0.717, 1.165) is 33.4 Å². The standard InChI is InChI=1S/C51H32N4/c1-2-11-35(12-3-1)48-53-49(55-50(54-48)37-26-22-34(23-27-37)39-13-10-30-52-32-39)36-24-20-33(21-25-36)38-28-29-43-42-16-6-9-19-46(42)51(47(43)31-38)44-17-7-4-14-40(44)41-15-5-8-18-45(41)51/h1-32H. The first kappa shape index (κ1) is 31.2. The highest BCUT2D eigenvalue weighted by Crippen LogP contribution is 2.63. The number of hydrogen-bond donors (Lipinski definition) is 0. The maximum atomic E-state index is 5.03. The van der Waals surface area contributed by atoms with Gasteiger partial charge in [-0.05, 0) is 78.9 Å². The van der Waals surface area contributed by atoms with E-state index in [9.17, 15) is 0 Å². The molecule has 0 fully saturated rings. The Kier molecular flexibility index (Phi) is 7.04. The van der Waals surface area contributed by atoms with Crippen LogP contribution in [-0.2, 0) is 5.41 Å². The molecular formula is C51H32N4. The third kappa shape index (κ3) is 4.85. The summed E-state index contributed by atoms with van der Waals surface area (Å²) in [6, 6.07) is 64.9. The lowest BCUT2D eigenvalue weighted by Gasteiger charge is -2.30. The summed E-state index contributed by atoms with van der Waals surface area (Å²) in [5.74, 6) is 1.90. The number of aromatic nitrogens is 4. The van der Waals surface area contributed by atoms with Gasteiger partial charge in [0, 0.05) is 29.1 Å². The Morgan fingerprint density at radius 3 is 1.20 bits per heavy atom. The SMILES string of the molecule is c1ccc(-c2nc(-c3ccc(-c4cccnc4)cc3)nc(-c3ccc(-c4ccc5c(c4)C4(c6ccccc6-c6ccccc64)c4ccccc4-5)cc3)n2)cc1. The smallest absolute Gasteiger partial charge is 0.164 e. The molecule has 0 saturated carbocycles. The van der Waals surface area contributed by atoms with Crippen LogP contribution in [0.2, 0.25) is 0 Å². The van der Waals surface area contributed by atoms with Crippen LogP contribution < -0.4 is 0 Å². The van der Waals surface area contributed by atoms with E-state index in [2.05, 4.69) is 151 Å². The van der Waals surface area contributed by atoms with E-state index in [4.69, 9.17) is 15.0 Å². The Morgan fingerprint density at radius 2 is 0.691 bits per heavy atom. The van der Waals surface area contributed by atoms with E-state index >= 15 is 0 Å². The number of rotatable bonds is 5. The van der Waals surface area contributed by atoms with E-state index in [1.807, 2.05) is 42.6 Å². The number of benzene rings is 7. The molecule has 55 heavy (non-hydrogen) atoms. The first-order chi connectivity index (χ1) is 27.3. The van der Waals surface area contributed by atoms with Gasteiger partial charge in [-0.1, -0.05) is 170 Å². The predicted molar refractivity (Wildman–Crippen MR) is 221 cm³/mol. The highest BCUT2D eigenvalue weighted by molar-refractivity contribution is 5.96. The maximum Gasteiger partial charge on any atom is 0.164 e. The van der Waals surface area contributed by atoms with Gasteiger partial charge in [0.25, 0.3) is 0 Å². The fourth-order valence-electron chi connectivity index (χ4n) is 8.78. The Labute approximate surface area is 319 Å². The lowest BCUT2D eigenvalue weighted by Crippen LogP contribution is -2.25. The summed E-state index contributed by atoms with van der Waals surface area (Å²) < 4.78 is 0. The molecule has 0 saturated heterocycles. The Hall–Kier alpha value is -7.30. The van der Waals surface area contributed by atoms with Crippen LogP contribution in [0.25, 0.3) is 78.7 Å². The normalized spacial score (nSPS) is 12.9. The van der Waals surface area contributed by atoms with Crippen molar-refractivity contribution >= 4 is 0 Å². The molecule has 11 rings (SSSR count). The second kappa shape index (κ2) is 12.4. The summed E-state index contributed by atoms with van der Waals surface area (Å²) in [7, 11) is 0. The van der Waals surface area contributed by atoms with Gasteiger partial charge in [-0.15, -0.1) is 0 Å². The Balaban J connectivity index is 1.00. The molecule has 2 aliphatic rings. The molecule has 2 aliphatic carbocycles. The fourth-order valence-corrected chi connectivity index (χ4v) is 8.78. The average molecular weight is 701 g/mol. The summed E-state index contributed by atoms with van der Waals surface area (Å²) >= 11 is 0. The summed E-state index contributed by atoms with van der Waals surface area (Å²) in [6.07, 6.45) is 3.66. The molecule has 2 aromatic heterocycles. The van der Waals surface area contributed by atoms with Gasteiger partial charge in [0.15, 0.2) is 17.5 Å². The van der Waals surface area contributed by atoms with E-state index in [1.165, 1.54) is 50.1 Å². The zero-order chi connectivity index (χ0) is 36.3. The maximum absolute atomic E-state index is 5.03. The zero-order valence-electron chi connectivity index (χ0n) is 29.8. The highest BCUT2D eigenvalue weighted by atomic mass is 15.0. The molecule has 256 valence electrons. The second-order valence-corrected chi connectivity index (χ2v) is 14.2. The molecule has 7 aromatic carbocycles. The first-order valence-electron chi connectivity index (χ1n) is 18.6. The van der Waals surface area contributed by atoms with Gasteiger partial charge in [0.1, 0.15) is 0 Å². The molecular weight excluding hydrogens is 669 g/mol.